The quantitative estimate of drug-likeness (QED) is 0.556. The number of methoxy groups -OCH3 is 1. The van der Waals surface area contributed by atoms with E-state index in [0.29, 0.717) is 5.69 Å². The molecule has 0 spiro atoms. The zero-order valence-electron chi connectivity index (χ0n) is 9.40. The Kier molecular flexibility index (Phi) is 2.98. The molecule has 0 bridgehead atoms. The van der Waals surface area contributed by atoms with Gasteiger partial charge in [-0.15, -0.1) is 0 Å². The van der Waals surface area contributed by atoms with E-state index >= 15 is 0 Å². The van der Waals surface area contributed by atoms with Crippen LogP contribution in [0.15, 0.2) is 12.3 Å². The van der Waals surface area contributed by atoms with Gasteiger partial charge in [0.2, 0.25) is 0 Å². The van der Waals surface area contributed by atoms with Gasteiger partial charge in [-0.3, -0.25) is 0 Å². The van der Waals surface area contributed by atoms with E-state index in [0.717, 1.165) is 11.8 Å². The highest BCUT2D eigenvalue weighted by atomic mass is 16.5. The van der Waals surface area contributed by atoms with E-state index in [1.807, 2.05) is 0 Å². The second-order valence-corrected chi connectivity index (χ2v) is 4.06. The summed E-state index contributed by atoms with van der Waals surface area (Å²) in [6.07, 6.45) is 2.63. The molecule has 0 atom stereocenters. The average Bonchev–Trinajstić information content (AvgIpc) is 2.60. The summed E-state index contributed by atoms with van der Waals surface area (Å²) in [4.78, 5) is 22.2. The largest absolute Gasteiger partial charge is 0.464 e. The average molecular weight is 209 g/mol. The van der Waals surface area contributed by atoms with Crippen LogP contribution in [0, 0.1) is 0 Å². The van der Waals surface area contributed by atoms with Gasteiger partial charge in [0.05, 0.1) is 7.11 Å². The molecule has 82 valence electrons. The van der Waals surface area contributed by atoms with Crippen molar-refractivity contribution < 1.29 is 14.3 Å². The Morgan fingerprint density at radius 3 is 2.60 bits per heavy atom. The number of nitrogens with zero attached hydrogens (tertiary/aromatic N) is 1. The van der Waals surface area contributed by atoms with Crippen molar-refractivity contribution in [2.24, 2.45) is 7.05 Å². The standard InChI is InChI=1S/C11H15NO3/c1-11(2,7-13)8-5-9(10(14)15-4)12(3)6-8/h5-7H,1-4H3. The lowest BCUT2D eigenvalue weighted by Gasteiger charge is -2.13. The van der Waals surface area contributed by atoms with Crippen LogP contribution in [0.5, 0.6) is 0 Å². The minimum atomic E-state index is -0.579. The third-order valence-electron chi connectivity index (χ3n) is 2.44. The summed E-state index contributed by atoms with van der Waals surface area (Å²) in [7, 11) is 3.08. The Hall–Kier alpha value is -1.58. The highest BCUT2D eigenvalue weighted by Gasteiger charge is 2.23. The number of carbonyl (C=O) groups excluding carboxylic acids is 2. The fourth-order valence-corrected chi connectivity index (χ4v) is 1.29. The van der Waals surface area contributed by atoms with Gasteiger partial charge in [0.25, 0.3) is 0 Å². The molecule has 0 saturated heterocycles. The van der Waals surface area contributed by atoms with Crippen molar-refractivity contribution in [1.29, 1.82) is 0 Å². The summed E-state index contributed by atoms with van der Waals surface area (Å²) in [5.41, 5.74) is 0.673. The van der Waals surface area contributed by atoms with Crippen molar-refractivity contribution >= 4 is 12.3 Å². The Bertz CT molecular complexity index is 391. The zero-order valence-corrected chi connectivity index (χ0v) is 9.40. The zero-order chi connectivity index (χ0) is 11.6. The van der Waals surface area contributed by atoms with E-state index in [1.54, 1.807) is 37.7 Å². The van der Waals surface area contributed by atoms with Gasteiger partial charge in [-0.05, 0) is 25.5 Å². The molecule has 1 aromatic rings. The highest BCUT2D eigenvalue weighted by molar-refractivity contribution is 5.88. The summed E-state index contributed by atoms with van der Waals surface area (Å²) in [6, 6.07) is 1.68. The molecule has 4 heteroatoms. The molecule has 0 saturated carbocycles. The normalized spacial score (nSPS) is 11.2. The monoisotopic (exact) mass is 209 g/mol. The lowest BCUT2D eigenvalue weighted by molar-refractivity contribution is -0.111. The topological polar surface area (TPSA) is 48.3 Å². The van der Waals surface area contributed by atoms with Crippen molar-refractivity contribution in [1.82, 2.24) is 4.57 Å². The summed E-state index contributed by atoms with van der Waals surface area (Å²) >= 11 is 0. The molecule has 0 aliphatic carbocycles. The summed E-state index contributed by atoms with van der Waals surface area (Å²) in [5, 5.41) is 0. The van der Waals surface area contributed by atoms with Crippen LogP contribution in [0.25, 0.3) is 0 Å². The van der Waals surface area contributed by atoms with Crippen LogP contribution in [-0.4, -0.2) is 23.9 Å². The first-order valence-electron chi connectivity index (χ1n) is 4.64. The molecule has 0 amide bonds. The molecule has 1 rings (SSSR count). The molecule has 0 aliphatic heterocycles. The third-order valence-corrected chi connectivity index (χ3v) is 2.44. The van der Waals surface area contributed by atoms with Gasteiger partial charge in [0.1, 0.15) is 12.0 Å². The van der Waals surface area contributed by atoms with Crippen LogP contribution < -0.4 is 0 Å². The maximum Gasteiger partial charge on any atom is 0.354 e. The molecule has 4 nitrogen and oxygen atoms in total. The van der Waals surface area contributed by atoms with Crippen LogP contribution in [-0.2, 0) is 22.0 Å². The fraction of sp³-hybridized carbons (Fsp3) is 0.455. The van der Waals surface area contributed by atoms with E-state index < -0.39 is 11.4 Å². The first-order valence-corrected chi connectivity index (χ1v) is 4.64. The Morgan fingerprint density at radius 2 is 2.13 bits per heavy atom. The van der Waals surface area contributed by atoms with Gasteiger partial charge >= 0.3 is 5.97 Å². The molecule has 0 unspecified atom stereocenters. The van der Waals surface area contributed by atoms with Crippen LogP contribution in [0.3, 0.4) is 0 Å². The number of esters is 1. The second-order valence-electron chi connectivity index (χ2n) is 4.06. The van der Waals surface area contributed by atoms with Gasteiger partial charge in [0, 0.05) is 18.7 Å². The first kappa shape index (κ1) is 11.5. The van der Waals surface area contributed by atoms with Gasteiger partial charge in [-0.2, -0.15) is 0 Å². The Labute approximate surface area is 88.8 Å². The van der Waals surface area contributed by atoms with E-state index in [4.69, 9.17) is 0 Å². The number of rotatable bonds is 3. The van der Waals surface area contributed by atoms with Crippen molar-refractivity contribution in [3.05, 3.63) is 23.5 Å². The number of ether oxygens (including phenoxy) is 1. The Morgan fingerprint density at radius 1 is 1.53 bits per heavy atom. The van der Waals surface area contributed by atoms with E-state index in [2.05, 4.69) is 4.74 Å². The highest BCUT2D eigenvalue weighted by Crippen LogP contribution is 2.22. The van der Waals surface area contributed by atoms with Crippen LogP contribution in [0.1, 0.15) is 29.9 Å². The molecule has 0 N–H and O–H groups in total. The van der Waals surface area contributed by atoms with Gasteiger partial charge < -0.3 is 14.1 Å². The predicted molar refractivity (Wildman–Crippen MR) is 55.8 cm³/mol. The number of aldehydes is 1. The van der Waals surface area contributed by atoms with Crippen LogP contribution >= 0.6 is 0 Å². The van der Waals surface area contributed by atoms with Gasteiger partial charge in [0.15, 0.2) is 0 Å². The number of aromatic nitrogens is 1. The van der Waals surface area contributed by atoms with E-state index in [9.17, 15) is 9.59 Å². The molecule has 1 aromatic heterocycles. The maximum atomic E-state index is 11.3. The van der Waals surface area contributed by atoms with Crippen molar-refractivity contribution in [3.8, 4) is 0 Å². The Balaban J connectivity index is 3.16. The minimum Gasteiger partial charge on any atom is -0.464 e. The van der Waals surface area contributed by atoms with Crippen LogP contribution in [0.4, 0.5) is 0 Å². The number of aryl methyl sites for hydroxylation is 1. The molecular weight excluding hydrogens is 194 g/mol. The van der Waals surface area contributed by atoms with E-state index in [1.165, 1.54) is 7.11 Å². The molecule has 15 heavy (non-hydrogen) atoms. The third kappa shape index (κ3) is 2.09. The summed E-state index contributed by atoms with van der Waals surface area (Å²) < 4.78 is 6.29. The van der Waals surface area contributed by atoms with Crippen molar-refractivity contribution in [2.45, 2.75) is 19.3 Å². The van der Waals surface area contributed by atoms with Gasteiger partial charge in [-0.25, -0.2) is 4.79 Å². The summed E-state index contributed by atoms with van der Waals surface area (Å²) in [5.74, 6) is -0.398. The molecule has 0 radical (unpaired) electrons. The van der Waals surface area contributed by atoms with Crippen LogP contribution in [0.2, 0.25) is 0 Å². The molecule has 0 fully saturated rings. The van der Waals surface area contributed by atoms with Crippen molar-refractivity contribution in [2.75, 3.05) is 7.11 Å². The minimum absolute atomic E-state index is 0.398. The summed E-state index contributed by atoms with van der Waals surface area (Å²) in [6.45, 7) is 3.60. The first-order chi connectivity index (χ1) is 6.92. The molecule has 1 heterocycles. The lowest BCUT2D eigenvalue weighted by atomic mass is 9.88. The lowest BCUT2D eigenvalue weighted by Crippen LogP contribution is -2.17. The SMILES string of the molecule is COC(=O)c1cc(C(C)(C)C=O)cn1C. The van der Waals surface area contributed by atoms with Crippen molar-refractivity contribution in [3.63, 3.8) is 0 Å². The maximum absolute atomic E-state index is 11.3. The van der Waals surface area contributed by atoms with Gasteiger partial charge in [-0.1, -0.05) is 0 Å². The van der Waals surface area contributed by atoms with E-state index in [-0.39, 0.29) is 0 Å². The number of hydrogen-bond donors (Lipinski definition) is 0. The molecule has 0 aliphatic rings. The molecular formula is C11H15NO3. The fourth-order valence-electron chi connectivity index (χ4n) is 1.29. The second kappa shape index (κ2) is 3.88. The number of carbonyl (C=O) groups is 2. The molecule has 0 aromatic carbocycles. The smallest absolute Gasteiger partial charge is 0.354 e. The number of hydrogen-bond acceptors (Lipinski definition) is 3. The predicted octanol–water partition coefficient (Wildman–Crippen LogP) is 1.29.